The Balaban J connectivity index is 2.04. The summed E-state index contributed by atoms with van der Waals surface area (Å²) in [5.41, 5.74) is -1.19. The highest BCUT2D eigenvalue weighted by atomic mass is 19.3. The zero-order valence-electron chi connectivity index (χ0n) is 15.4. The fourth-order valence-electron chi connectivity index (χ4n) is 2.64. The second kappa shape index (κ2) is 8.98. The highest BCUT2D eigenvalue weighted by molar-refractivity contribution is 5.97. The summed E-state index contributed by atoms with van der Waals surface area (Å²) in [6.45, 7) is 0.659. The molecular formula is C19H20F2N2O6. The van der Waals surface area contributed by atoms with Crippen LogP contribution in [0.5, 0.6) is 0 Å². The van der Waals surface area contributed by atoms with Crippen molar-refractivity contribution in [2.75, 3.05) is 0 Å². The van der Waals surface area contributed by atoms with Gasteiger partial charge in [-0.1, -0.05) is 11.8 Å². The molecule has 4 unspecified atom stereocenters. The van der Waals surface area contributed by atoms with E-state index in [-0.39, 0.29) is 23.8 Å². The van der Waals surface area contributed by atoms with Gasteiger partial charge in [0.15, 0.2) is 5.60 Å². The first-order chi connectivity index (χ1) is 13.6. The minimum Gasteiger partial charge on any atom is -0.481 e. The van der Waals surface area contributed by atoms with E-state index in [1.54, 1.807) is 0 Å². The maximum atomic E-state index is 13.0. The molecule has 1 fully saturated rings. The highest BCUT2D eigenvalue weighted by Crippen LogP contribution is 2.40. The molecule has 0 aromatic heterocycles. The van der Waals surface area contributed by atoms with E-state index >= 15 is 0 Å². The van der Waals surface area contributed by atoms with Gasteiger partial charge >= 0.3 is 5.97 Å². The smallest absolute Gasteiger partial charge is 0.303 e. The van der Waals surface area contributed by atoms with Gasteiger partial charge in [0.05, 0.1) is 0 Å². The number of rotatable bonds is 7. The third-order valence-electron chi connectivity index (χ3n) is 4.58. The number of hydroxylamine groups is 1. The van der Waals surface area contributed by atoms with Crippen molar-refractivity contribution in [3.8, 4) is 11.8 Å². The summed E-state index contributed by atoms with van der Waals surface area (Å²) in [5, 5.41) is 29.2. The Bertz CT molecular complexity index is 844. The molecule has 1 aromatic rings. The van der Waals surface area contributed by atoms with Gasteiger partial charge in [-0.25, -0.2) is 14.3 Å². The predicted molar refractivity (Wildman–Crippen MR) is 95.0 cm³/mol. The largest absolute Gasteiger partial charge is 0.481 e. The van der Waals surface area contributed by atoms with Crippen molar-refractivity contribution in [1.82, 2.24) is 10.8 Å². The summed E-state index contributed by atoms with van der Waals surface area (Å²) in [6.07, 6.45) is -2.57. The number of benzene rings is 1. The first-order valence-corrected chi connectivity index (χ1v) is 8.65. The molecule has 0 heterocycles. The fourth-order valence-corrected chi connectivity index (χ4v) is 2.64. The quantitative estimate of drug-likeness (QED) is 0.256. The molecule has 1 aliphatic rings. The van der Waals surface area contributed by atoms with Crippen LogP contribution in [0.15, 0.2) is 24.3 Å². The second-order valence-electron chi connectivity index (χ2n) is 6.96. The maximum Gasteiger partial charge on any atom is 0.303 e. The number of carbonyl (C=O) groups excluding carboxylic acids is 2. The summed E-state index contributed by atoms with van der Waals surface area (Å²) in [5.74, 6) is 2.71. The zero-order valence-corrected chi connectivity index (χ0v) is 15.4. The summed E-state index contributed by atoms with van der Waals surface area (Å²) >= 11 is 0. The number of aliphatic carboxylic acids is 1. The monoisotopic (exact) mass is 410 g/mol. The van der Waals surface area contributed by atoms with Crippen LogP contribution in [0.25, 0.3) is 0 Å². The Morgan fingerprint density at radius 1 is 1.28 bits per heavy atom. The molecule has 10 heteroatoms. The Morgan fingerprint density at radius 3 is 2.41 bits per heavy atom. The van der Waals surface area contributed by atoms with E-state index < -0.39 is 35.9 Å². The van der Waals surface area contributed by atoms with Crippen LogP contribution >= 0.6 is 0 Å². The molecule has 5 N–H and O–H groups in total. The number of carboxylic acids is 1. The average Bonchev–Trinajstić information content (AvgIpc) is 3.40. The van der Waals surface area contributed by atoms with Crippen molar-refractivity contribution < 1.29 is 38.6 Å². The molecule has 1 aliphatic carbocycles. The van der Waals surface area contributed by atoms with Crippen molar-refractivity contribution >= 4 is 17.8 Å². The lowest BCUT2D eigenvalue weighted by molar-refractivity contribution is -0.149. The van der Waals surface area contributed by atoms with Gasteiger partial charge in [0.25, 0.3) is 18.2 Å². The normalized spacial score (nSPS) is 20.6. The van der Waals surface area contributed by atoms with E-state index in [1.165, 1.54) is 24.3 Å². The van der Waals surface area contributed by atoms with Gasteiger partial charge < -0.3 is 15.5 Å². The maximum absolute atomic E-state index is 13.0. The number of aliphatic hydroxyl groups is 1. The molecule has 156 valence electrons. The Hall–Kier alpha value is -3.03. The number of nitrogens with one attached hydrogen (secondary N) is 2. The molecule has 1 aromatic carbocycles. The molecule has 4 atom stereocenters. The zero-order chi connectivity index (χ0) is 21.8. The molecular weight excluding hydrogens is 390 g/mol. The topological polar surface area (TPSA) is 136 Å². The molecule has 29 heavy (non-hydrogen) atoms. The molecule has 8 nitrogen and oxygen atoms in total. The molecule has 2 rings (SSSR count). The van der Waals surface area contributed by atoms with Crippen molar-refractivity contribution in [3.05, 3.63) is 35.4 Å². The molecule has 2 amide bonds. The van der Waals surface area contributed by atoms with Crippen molar-refractivity contribution in [3.63, 3.8) is 0 Å². The van der Waals surface area contributed by atoms with Crippen molar-refractivity contribution in [1.29, 1.82) is 0 Å². The number of hydrogen-bond donors (Lipinski definition) is 5. The van der Waals surface area contributed by atoms with Crippen LogP contribution in [0.4, 0.5) is 8.78 Å². The third kappa shape index (κ3) is 5.73. The lowest BCUT2D eigenvalue weighted by Crippen LogP contribution is -2.61. The average molecular weight is 410 g/mol. The van der Waals surface area contributed by atoms with Gasteiger partial charge in [-0.2, -0.15) is 0 Å². The van der Waals surface area contributed by atoms with Crippen molar-refractivity contribution in [2.24, 2.45) is 11.8 Å². The van der Waals surface area contributed by atoms with Crippen LogP contribution in [0.2, 0.25) is 0 Å². The number of carboxylic acid groups (broad SMARTS) is 1. The summed E-state index contributed by atoms with van der Waals surface area (Å²) in [4.78, 5) is 34.5. The molecule has 0 bridgehead atoms. The SMILES string of the molecule is CC(O)(C(F)F)C(NC(=O)c1ccc(C#CC2CC2CC(=O)O)cc1)C(=O)NO. The van der Waals surface area contributed by atoms with Gasteiger partial charge in [0, 0.05) is 23.5 Å². The Labute approximate surface area is 164 Å². The van der Waals surface area contributed by atoms with Gasteiger partial charge in [0.1, 0.15) is 6.04 Å². The number of amides is 2. The second-order valence-corrected chi connectivity index (χ2v) is 6.96. The summed E-state index contributed by atoms with van der Waals surface area (Å²) < 4.78 is 26.0. The summed E-state index contributed by atoms with van der Waals surface area (Å²) in [6, 6.07) is 3.62. The number of alkyl halides is 2. The number of halogens is 2. The summed E-state index contributed by atoms with van der Waals surface area (Å²) in [7, 11) is 0. The van der Waals surface area contributed by atoms with Crippen LogP contribution in [-0.4, -0.2) is 51.3 Å². The van der Waals surface area contributed by atoms with E-state index in [9.17, 15) is 28.3 Å². The van der Waals surface area contributed by atoms with E-state index in [0.29, 0.717) is 12.5 Å². The minimum absolute atomic E-state index is 0.0170. The number of hydrogen-bond acceptors (Lipinski definition) is 5. The van der Waals surface area contributed by atoms with Crippen LogP contribution < -0.4 is 10.8 Å². The third-order valence-corrected chi connectivity index (χ3v) is 4.58. The van der Waals surface area contributed by atoms with E-state index in [1.807, 2.05) is 5.32 Å². The van der Waals surface area contributed by atoms with Gasteiger partial charge in [-0.05, 0) is 43.5 Å². The fraction of sp³-hybridized carbons (Fsp3) is 0.421. The minimum atomic E-state index is -3.37. The van der Waals surface area contributed by atoms with Crippen molar-refractivity contribution in [2.45, 2.75) is 37.8 Å². The highest BCUT2D eigenvalue weighted by Gasteiger charge is 2.46. The number of carbonyl (C=O) groups is 3. The lowest BCUT2D eigenvalue weighted by Gasteiger charge is -2.30. The van der Waals surface area contributed by atoms with Gasteiger partial charge in [-0.3, -0.25) is 19.6 Å². The molecule has 1 saturated carbocycles. The Kier molecular flexibility index (Phi) is 6.89. The predicted octanol–water partition coefficient (Wildman–Crippen LogP) is 0.769. The standard InChI is InChI=1S/C19H20F2N2O6/c1-19(28,18(20)21)15(17(27)23-29)22-16(26)11-5-2-10(3-6-11)4-7-12-8-13(12)9-14(24)25/h2-3,5-6,12-13,15,18,28-29H,8-9H2,1H3,(H,22,26)(H,23,27)(H,24,25). The van der Waals surface area contributed by atoms with Gasteiger partial charge in [0.2, 0.25) is 0 Å². The van der Waals surface area contributed by atoms with Crippen LogP contribution in [0, 0.1) is 23.7 Å². The van der Waals surface area contributed by atoms with E-state index in [2.05, 4.69) is 11.8 Å². The van der Waals surface area contributed by atoms with Crippen LogP contribution in [-0.2, 0) is 9.59 Å². The van der Waals surface area contributed by atoms with Gasteiger partial charge in [-0.15, -0.1) is 0 Å². The Morgan fingerprint density at radius 2 is 1.90 bits per heavy atom. The molecule has 0 radical (unpaired) electrons. The molecule has 0 saturated heterocycles. The first-order valence-electron chi connectivity index (χ1n) is 8.65. The van der Waals surface area contributed by atoms with E-state index in [4.69, 9.17) is 10.3 Å². The lowest BCUT2D eigenvalue weighted by atomic mass is 9.95. The van der Waals surface area contributed by atoms with Crippen LogP contribution in [0.3, 0.4) is 0 Å². The molecule has 0 aliphatic heterocycles. The van der Waals surface area contributed by atoms with Crippen LogP contribution in [0.1, 0.15) is 35.7 Å². The first kappa shape index (κ1) is 22.3. The van der Waals surface area contributed by atoms with E-state index in [0.717, 1.165) is 11.9 Å². The molecule has 0 spiro atoms.